The molecule has 2 saturated heterocycles. The molecule has 5 aromatic rings. The number of nitrogens with one attached hydrogen (secondary N) is 1. The van der Waals surface area contributed by atoms with Crippen molar-refractivity contribution in [2.24, 2.45) is 5.92 Å². The summed E-state index contributed by atoms with van der Waals surface area (Å²) in [6, 6.07) is 18.0. The monoisotopic (exact) mass is 754 g/mol. The Morgan fingerprint density at radius 1 is 0.962 bits per heavy atom. The van der Waals surface area contributed by atoms with Gasteiger partial charge < -0.3 is 25.0 Å². The Morgan fingerprint density at radius 2 is 1.77 bits per heavy atom. The van der Waals surface area contributed by atoms with Gasteiger partial charge in [-0.25, -0.2) is 4.98 Å². The molecule has 3 aliphatic rings. The fourth-order valence-electron chi connectivity index (χ4n) is 7.87. The van der Waals surface area contributed by atoms with Crippen molar-refractivity contribution in [1.29, 1.82) is 0 Å². The topological polar surface area (TPSA) is 133 Å². The molecule has 5 heterocycles. The van der Waals surface area contributed by atoms with Gasteiger partial charge in [0.1, 0.15) is 16.6 Å². The molecule has 0 saturated carbocycles. The number of carboxylic acids is 1. The van der Waals surface area contributed by atoms with Crippen molar-refractivity contribution in [1.82, 2.24) is 24.8 Å². The third-order valence-electron chi connectivity index (χ3n) is 10.5. The van der Waals surface area contributed by atoms with E-state index in [0.717, 1.165) is 76.6 Å². The van der Waals surface area contributed by atoms with Crippen LogP contribution in [0.5, 0.6) is 11.8 Å². The van der Waals surface area contributed by atoms with Crippen LogP contribution in [0.1, 0.15) is 47.6 Å². The number of hydrogen-bond acceptors (Lipinski definition) is 10. The first-order chi connectivity index (χ1) is 25.7. The first-order valence-electron chi connectivity index (χ1n) is 17.9. The molecule has 2 fully saturated rings. The van der Waals surface area contributed by atoms with E-state index in [1.165, 1.54) is 0 Å². The maximum Gasteiger partial charge on any atom is 0.307 e. The Morgan fingerprint density at radius 3 is 2.57 bits per heavy atom. The highest BCUT2D eigenvalue weighted by atomic mass is 35.5. The summed E-state index contributed by atoms with van der Waals surface area (Å²) < 4.78 is 12.1. The van der Waals surface area contributed by atoms with Crippen LogP contribution in [0, 0.1) is 5.92 Å². The Labute approximate surface area is 317 Å². The van der Waals surface area contributed by atoms with Crippen LogP contribution in [-0.2, 0) is 24.3 Å². The fraction of sp³-hybridized carbons (Fsp3) is 0.350. The minimum atomic E-state index is -0.735. The Balaban J connectivity index is 1.01. The van der Waals surface area contributed by atoms with Crippen molar-refractivity contribution >= 4 is 51.6 Å². The van der Waals surface area contributed by atoms with Gasteiger partial charge in [0.05, 0.1) is 29.8 Å². The highest BCUT2D eigenvalue weighted by Crippen LogP contribution is 2.44. The fourth-order valence-corrected chi connectivity index (χ4v) is 8.37. The summed E-state index contributed by atoms with van der Waals surface area (Å²) >= 11 is 13.9. The molecule has 53 heavy (non-hydrogen) atoms. The number of anilines is 2. The van der Waals surface area contributed by atoms with Crippen molar-refractivity contribution in [2.75, 3.05) is 38.6 Å². The molecule has 11 nitrogen and oxygen atoms in total. The number of rotatable bonds is 11. The molecule has 1 aliphatic carbocycles. The van der Waals surface area contributed by atoms with Gasteiger partial charge in [-0.05, 0) is 78.7 Å². The number of aromatic nitrogens is 3. The standard InChI is InChI=1S/C40H40Cl2N6O5/c1-52-38-26(21-48-15-12-27(49)22-48)17-32(41)39(46-38)53-34-9-8-29-28(4-2-5-30(29)34)31-6-3-7-33(35(31)42)45-37-36-24(10-13-43-37)16-23(18-44-36)19-47-14-11-25(20-47)40(50)51/h2-7,10,13,16-18,25,27,34,49H,8-9,11-12,14-15,19-22H2,1H3,(H,43,45)(H,50,51)/t25-,27-,34-/m1/s1. The summed E-state index contributed by atoms with van der Waals surface area (Å²) in [6.07, 6.45) is 5.97. The number of hydrogen-bond donors (Lipinski definition) is 3. The van der Waals surface area contributed by atoms with E-state index < -0.39 is 5.97 Å². The number of likely N-dealkylation sites (tertiary alicyclic amines) is 2. The van der Waals surface area contributed by atoms with Gasteiger partial charge in [0.2, 0.25) is 11.8 Å². The molecule has 274 valence electrons. The Hall–Kier alpha value is -4.52. The number of benzene rings is 2. The number of β-amino-alcohol motifs (C(OH)–C–C–N with tert-alkyl or cyclic N) is 1. The summed E-state index contributed by atoms with van der Waals surface area (Å²) in [5.74, 6) is 0.329. The number of halogens is 2. The summed E-state index contributed by atoms with van der Waals surface area (Å²) in [6.45, 7) is 3.95. The zero-order valence-electron chi connectivity index (χ0n) is 29.3. The number of ether oxygens (including phenoxy) is 2. The second-order valence-electron chi connectivity index (χ2n) is 14.1. The second kappa shape index (κ2) is 15.1. The molecule has 0 radical (unpaired) electrons. The Bertz CT molecular complexity index is 2190. The van der Waals surface area contributed by atoms with Crippen LogP contribution in [0.15, 0.2) is 67.0 Å². The zero-order valence-corrected chi connectivity index (χ0v) is 30.8. The van der Waals surface area contributed by atoms with Crippen molar-refractivity contribution in [3.63, 3.8) is 0 Å². The molecular formula is C40H40Cl2N6O5. The molecule has 2 aliphatic heterocycles. The summed E-state index contributed by atoms with van der Waals surface area (Å²) in [7, 11) is 1.59. The maximum atomic E-state index is 11.4. The van der Waals surface area contributed by atoms with Crippen LogP contribution in [0.25, 0.3) is 22.0 Å². The van der Waals surface area contributed by atoms with Gasteiger partial charge in [0, 0.05) is 61.6 Å². The zero-order chi connectivity index (χ0) is 36.6. The predicted molar refractivity (Wildman–Crippen MR) is 204 cm³/mol. The number of aliphatic carboxylic acids is 1. The van der Waals surface area contributed by atoms with Gasteiger partial charge in [0.25, 0.3) is 0 Å². The minimum absolute atomic E-state index is 0.251. The van der Waals surface area contributed by atoms with Gasteiger partial charge in [0.15, 0.2) is 5.82 Å². The molecule has 3 N–H and O–H groups in total. The van der Waals surface area contributed by atoms with Crippen LogP contribution in [-0.4, -0.2) is 80.3 Å². The van der Waals surface area contributed by atoms with E-state index in [4.69, 9.17) is 37.7 Å². The predicted octanol–water partition coefficient (Wildman–Crippen LogP) is 7.29. The average Bonchev–Trinajstić information content (AvgIpc) is 3.90. The van der Waals surface area contributed by atoms with Crippen molar-refractivity contribution < 1.29 is 24.5 Å². The number of carbonyl (C=O) groups is 1. The second-order valence-corrected chi connectivity index (χ2v) is 14.9. The minimum Gasteiger partial charge on any atom is -0.481 e. The van der Waals surface area contributed by atoms with E-state index in [0.29, 0.717) is 65.9 Å². The van der Waals surface area contributed by atoms with E-state index in [9.17, 15) is 15.0 Å². The molecule has 3 aromatic heterocycles. The van der Waals surface area contributed by atoms with Crippen LogP contribution in [0.2, 0.25) is 10.0 Å². The average molecular weight is 756 g/mol. The molecule has 0 unspecified atom stereocenters. The normalized spacial score (nSPS) is 20.2. The smallest absolute Gasteiger partial charge is 0.307 e. The highest BCUT2D eigenvalue weighted by molar-refractivity contribution is 6.36. The molecule has 13 heteroatoms. The number of pyridine rings is 3. The molecule has 2 aromatic carbocycles. The number of methoxy groups -OCH3 is 1. The summed E-state index contributed by atoms with van der Waals surface area (Å²) in [5, 5.41) is 24.7. The van der Waals surface area contributed by atoms with E-state index in [1.54, 1.807) is 13.3 Å². The van der Waals surface area contributed by atoms with Gasteiger partial charge in [-0.3, -0.25) is 19.6 Å². The third kappa shape index (κ3) is 7.36. The van der Waals surface area contributed by atoms with Crippen molar-refractivity contribution in [3.05, 3.63) is 99.3 Å². The lowest BCUT2D eigenvalue weighted by atomic mass is 9.96. The van der Waals surface area contributed by atoms with Crippen LogP contribution < -0.4 is 14.8 Å². The van der Waals surface area contributed by atoms with Crippen LogP contribution >= 0.6 is 23.2 Å². The highest BCUT2D eigenvalue weighted by Gasteiger charge is 2.30. The van der Waals surface area contributed by atoms with Gasteiger partial charge in [-0.1, -0.05) is 53.5 Å². The lowest BCUT2D eigenvalue weighted by Gasteiger charge is -2.20. The quantitative estimate of drug-likeness (QED) is 0.126. The van der Waals surface area contributed by atoms with Crippen molar-refractivity contribution in [2.45, 2.75) is 51.0 Å². The largest absolute Gasteiger partial charge is 0.481 e. The summed E-state index contributed by atoms with van der Waals surface area (Å²) in [5.41, 5.74) is 7.45. The van der Waals surface area contributed by atoms with Crippen LogP contribution in [0.3, 0.4) is 0 Å². The number of aliphatic hydroxyl groups is 1. The van der Waals surface area contributed by atoms with E-state index in [-0.39, 0.29) is 18.1 Å². The molecular weight excluding hydrogens is 715 g/mol. The number of aliphatic hydroxyl groups excluding tert-OH is 1. The molecule has 8 rings (SSSR count). The SMILES string of the molecule is COc1nc(O[C@@H]2CCc3c(-c4cccc(Nc5nccc6cc(CN7CC[C@@H](C(=O)O)C7)cnc56)c4Cl)cccc32)c(Cl)cc1CN1CC[C@@H](O)C1. The third-order valence-corrected chi connectivity index (χ3v) is 11.2. The Kier molecular flexibility index (Phi) is 10.1. The molecule has 3 atom stereocenters. The first-order valence-corrected chi connectivity index (χ1v) is 18.7. The van der Waals surface area contributed by atoms with E-state index in [2.05, 4.69) is 43.3 Å². The number of nitrogens with zero attached hydrogens (tertiary/aromatic N) is 5. The molecule has 0 bridgehead atoms. The van der Waals surface area contributed by atoms with E-state index in [1.807, 2.05) is 42.6 Å². The molecule has 0 spiro atoms. The van der Waals surface area contributed by atoms with Gasteiger partial charge in [-0.2, -0.15) is 4.98 Å². The van der Waals surface area contributed by atoms with Crippen molar-refractivity contribution in [3.8, 4) is 22.9 Å². The number of fused-ring (bicyclic) bond motifs is 2. The first kappa shape index (κ1) is 35.5. The molecule has 0 amide bonds. The van der Waals surface area contributed by atoms with Gasteiger partial charge >= 0.3 is 5.97 Å². The number of carboxylic acid groups (broad SMARTS) is 1. The lowest BCUT2D eigenvalue weighted by molar-refractivity contribution is -0.141. The summed E-state index contributed by atoms with van der Waals surface area (Å²) in [4.78, 5) is 29.8. The van der Waals surface area contributed by atoms with Crippen LogP contribution in [0.4, 0.5) is 11.5 Å². The lowest BCUT2D eigenvalue weighted by Crippen LogP contribution is -2.22. The van der Waals surface area contributed by atoms with Gasteiger partial charge in [-0.15, -0.1) is 0 Å². The maximum absolute atomic E-state index is 11.4. The van der Waals surface area contributed by atoms with E-state index >= 15 is 0 Å².